The molecule has 100 valence electrons. The Morgan fingerprint density at radius 2 is 2.06 bits per heavy atom. The van der Waals surface area contributed by atoms with Crippen LogP contribution >= 0.6 is 27.7 Å². The second kappa shape index (κ2) is 6.97. The molecular formula is C15H22BrNS. The fourth-order valence-corrected chi connectivity index (χ4v) is 4.09. The first kappa shape index (κ1) is 14.4. The summed E-state index contributed by atoms with van der Waals surface area (Å²) in [6, 6.07) is 9.81. The van der Waals surface area contributed by atoms with Crippen LogP contribution in [-0.2, 0) is 0 Å². The van der Waals surface area contributed by atoms with E-state index in [2.05, 4.69) is 71.1 Å². The Balaban J connectivity index is 1.84. The standard InChI is InChI=1S/C15H22BrNS/c1-3-18-15-9-8-14(10-15)17-11(2)12-4-6-13(16)7-5-12/h4-7,11,14-15,17H,3,8-10H2,1-2H3. The number of benzene rings is 1. The monoisotopic (exact) mass is 327 g/mol. The largest absolute Gasteiger partial charge is 0.307 e. The maximum Gasteiger partial charge on any atom is 0.0294 e. The summed E-state index contributed by atoms with van der Waals surface area (Å²) in [5.74, 6) is 1.25. The van der Waals surface area contributed by atoms with Gasteiger partial charge in [0, 0.05) is 21.8 Å². The van der Waals surface area contributed by atoms with Crippen LogP contribution in [0, 0.1) is 0 Å². The zero-order valence-electron chi connectivity index (χ0n) is 11.2. The molecule has 2 rings (SSSR count). The molecule has 0 saturated heterocycles. The van der Waals surface area contributed by atoms with Crippen molar-refractivity contribution >= 4 is 27.7 Å². The predicted octanol–water partition coefficient (Wildman–Crippen LogP) is 4.77. The van der Waals surface area contributed by atoms with E-state index in [1.807, 2.05) is 0 Å². The first-order chi connectivity index (χ1) is 8.69. The van der Waals surface area contributed by atoms with Crippen LogP contribution in [0.3, 0.4) is 0 Å². The molecule has 1 aromatic rings. The van der Waals surface area contributed by atoms with Crippen molar-refractivity contribution in [1.29, 1.82) is 0 Å². The second-order valence-electron chi connectivity index (χ2n) is 5.03. The van der Waals surface area contributed by atoms with Crippen molar-refractivity contribution in [3.05, 3.63) is 34.3 Å². The van der Waals surface area contributed by atoms with Crippen molar-refractivity contribution in [2.75, 3.05) is 5.75 Å². The number of hydrogen-bond donors (Lipinski definition) is 1. The summed E-state index contributed by atoms with van der Waals surface area (Å²) in [5.41, 5.74) is 1.38. The molecule has 3 unspecified atom stereocenters. The third-order valence-corrected chi connectivity index (χ3v) is 5.40. The van der Waals surface area contributed by atoms with Crippen molar-refractivity contribution in [2.24, 2.45) is 0 Å². The lowest BCUT2D eigenvalue weighted by Gasteiger charge is -2.20. The first-order valence-corrected chi connectivity index (χ1v) is 8.66. The van der Waals surface area contributed by atoms with Gasteiger partial charge in [-0.1, -0.05) is 35.0 Å². The molecule has 0 aliphatic heterocycles. The van der Waals surface area contributed by atoms with E-state index in [1.54, 1.807) is 0 Å². The maximum atomic E-state index is 3.77. The zero-order valence-corrected chi connectivity index (χ0v) is 13.6. The summed E-state index contributed by atoms with van der Waals surface area (Å²) >= 11 is 5.61. The van der Waals surface area contributed by atoms with Gasteiger partial charge in [-0.25, -0.2) is 0 Å². The molecule has 0 aromatic heterocycles. The Hall–Kier alpha value is 0.01000. The van der Waals surface area contributed by atoms with Crippen molar-refractivity contribution in [1.82, 2.24) is 5.32 Å². The van der Waals surface area contributed by atoms with Crippen LogP contribution in [0.5, 0.6) is 0 Å². The lowest BCUT2D eigenvalue weighted by Crippen LogP contribution is -2.29. The van der Waals surface area contributed by atoms with Crippen LogP contribution in [0.2, 0.25) is 0 Å². The van der Waals surface area contributed by atoms with E-state index in [9.17, 15) is 0 Å². The van der Waals surface area contributed by atoms with Crippen LogP contribution in [0.4, 0.5) is 0 Å². The minimum absolute atomic E-state index is 0.452. The molecule has 3 heteroatoms. The van der Waals surface area contributed by atoms with Crippen molar-refractivity contribution in [3.8, 4) is 0 Å². The number of thioether (sulfide) groups is 1. The molecule has 0 spiro atoms. The minimum atomic E-state index is 0.452. The van der Waals surface area contributed by atoms with Crippen LogP contribution in [0.15, 0.2) is 28.7 Å². The Labute approximate surface area is 123 Å². The molecule has 0 heterocycles. The third kappa shape index (κ3) is 4.01. The summed E-state index contributed by atoms with van der Waals surface area (Å²) in [5, 5.41) is 4.65. The van der Waals surface area contributed by atoms with Gasteiger partial charge in [-0.3, -0.25) is 0 Å². The van der Waals surface area contributed by atoms with E-state index < -0.39 is 0 Å². The molecule has 18 heavy (non-hydrogen) atoms. The number of nitrogens with one attached hydrogen (secondary N) is 1. The molecule has 1 aliphatic carbocycles. The van der Waals surface area contributed by atoms with Gasteiger partial charge in [-0.2, -0.15) is 11.8 Å². The lowest BCUT2D eigenvalue weighted by atomic mass is 10.1. The summed E-state index contributed by atoms with van der Waals surface area (Å²) < 4.78 is 1.15. The fourth-order valence-electron chi connectivity index (χ4n) is 2.68. The number of rotatable bonds is 5. The highest BCUT2D eigenvalue weighted by Gasteiger charge is 2.25. The number of halogens is 1. The highest BCUT2D eigenvalue weighted by molar-refractivity contribution is 9.10. The van der Waals surface area contributed by atoms with Gasteiger partial charge in [0.25, 0.3) is 0 Å². The van der Waals surface area contributed by atoms with E-state index >= 15 is 0 Å². The molecule has 0 bridgehead atoms. The van der Waals surface area contributed by atoms with E-state index in [0.717, 1.165) is 9.72 Å². The Bertz CT molecular complexity index is 365. The molecule has 1 saturated carbocycles. The van der Waals surface area contributed by atoms with E-state index in [1.165, 1.54) is 30.6 Å². The SMILES string of the molecule is CCSC1CCC(NC(C)c2ccc(Br)cc2)C1. The Morgan fingerprint density at radius 3 is 2.72 bits per heavy atom. The minimum Gasteiger partial charge on any atom is -0.307 e. The van der Waals surface area contributed by atoms with E-state index in [-0.39, 0.29) is 0 Å². The smallest absolute Gasteiger partial charge is 0.0294 e. The predicted molar refractivity (Wildman–Crippen MR) is 85.3 cm³/mol. The molecule has 1 aliphatic rings. The summed E-state index contributed by atoms with van der Waals surface area (Å²) in [6.07, 6.45) is 4.04. The van der Waals surface area contributed by atoms with Crippen molar-refractivity contribution in [2.45, 2.75) is 50.4 Å². The number of hydrogen-bond acceptors (Lipinski definition) is 2. The van der Waals surface area contributed by atoms with Crippen LogP contribution in [0.25, 0.3) is 0 Å². The molecule has 3 atom stereocenters. The van der Waals surface area contributed by atoms with Crippen LogP contribution in [-0.4, -0.2) is 17.0 Å². The molecule has 1 fully saturated rings. The summed E-state index contributed by atoms with van der Waals surface area (Å²) in [6.45, 7) is 4.53. The molecule has 1 aromatic carbocycles. The van der Waals surface area contributed by atoms with E-state index in [0.29, 0.717) is 12.1 Å². The lowest BCUT2D eigenvalue weighted by molar-refractivity contribution is 0.462. The normalized spacial score (nSPS) is 25.3. The van der Waals surface area contributed by atoms with Gasteiger partial charge in [0.1, 0.15) is 0 Å². The van der Waals surface area contributed by atoms with Gasteiger partial charge >= 0.3 is 0 Å². The van der Waals surface area contributed by atoms with Gasteiger partial charge in [0.15, 0.2) is 0 Å². The topological polar surface area (TPSA) is 12.0 Å². The summed E-state index contributed by atoms with van der Waals surface area (Å²) in [7, 11) is 0. The Kier molecular flexibility index (Phi) is 5.58. The van der Waals surface area contributed by atoms with Gasteiger partial charge < -0.3 is 5.32 Å². The molecule has 1 N–H and O–H groups in total. The fraction of sp³-hybridized carbons (Fsp3) is 0.600. The first-order valence-electron chi connectivity index (χ1n) is 6.82. The van der Waals surface area contributed by atoms with Gasteiger partial charge in [0.05, 0.1) is 0 Å². The Morgan fingerprint density at radius 1 is 1.33 bits per heavy atom. The zero-order chi connectivity index (χ0) is 13.0. The second-order valence-corrected chi connectivity index (χ2v) is 7.52. The molecular weight excluding hydrogens is 306 g/mol. The van der Waals surface area contributed by atoms with Gasteiger partial charge in [0.2, 0.25) is 0 Å². The highest BCUT2D eigenvalue weighted by atomic mass is 79.9. The maximum absolute atomic E-state index is 3.77. The van der Waals surface area contributed by atoms with Crippen molar-refractivity contribution < 1.29 is 0 Å². The quantitative estimate of drug-likeness (QED) is 0.835. The molecule has 0 amide bonds. The summed E-state index contributed by atoms with van der Waals surface area (Å²) in [4.78, 5) is 0. The average molecular weight is 328 g/mol. The van der Waals surface area contributed by atoms with E-state index in [4.69, 9.17) is 0 Å². The molecule has 1 nitrogen and oxygen atoms in total. The van der Waals surface area contributed by atoms with Gasteiger partial charge in [-0.05, 0) is 49.6 Å². The average Bonchev–Trinajstić information content (AvgIpc) is 2.78. The highest BCUT2D eigenvalue weighted by Crippen LogP contribution is 2.31. The van der Waals surface area contributed by atoms with Crippen LogP contribution in [0.1, 0.15) is 44.7 Å². The third-order valence-electron chi connectivity index (χ3n) is 3.64. The van der Waals surface area contributed by atoms with Crippen LogP contribution < -0.4 is 5.32 Å². The van der Waals surface area contributed by atoms with Crippen molar-refractivity contribution in [3.63, 3.8) is 0 Å². The van der Waals surface area contributed by atoms with Gasteiger partial charge in [-0.15, -0.1) is 0 Å². The molecule has 0 radical (unpaired) electrons.